The van der Waals surface area contributed by atoms with Crippen LogP contribution in [-0.4, -0.2) is 63.5 Å². The number of benzene rings is 1. The third kappa shape index (κ3) is 7.30. The third-order valence-electron chi connectivity index (χ3n) is 5.12. The van der Waals surface area contributed by atoms with Crippen molar-refractivity contribution in [1.29, 1.82) is 0 Å². The van der Waals surface area contributed by atoms with Crippen molar-refractivity contribution in [2.75, 3.05) is 32.0 Å². The van der Waals surface area contributed by atoms with Crippen molar-refractivity contribution in [2.45, 2.75) is 50.7 Å². The van der Waals surface area contributed by atoms with Gasteiger partial charge in [-0.25, -0.2) is 4.39 Å². The Morgan fingerprint density at radius 3 is 2.62 bits per heavy atom. The number of carbonyl (C=O) groups excluding carboxylic acids is 2. The van der Waals surface area contributed by atoms with E-state index in [1.54, 1.807) is 19.1 Å². The van der Waals surface area contributed by atoms with Gasteiger partial charge in [-0.15, -0.1) is 10.2 Å². The van der Waals surface area contributed by atoms with Crippen LogP contribution >= 0.6 is 11.8 Å². The molecular weight excluding hydrogens is 433 g/mol. The van der Waals surface area contributed by atoms with Crippen LogP contribution in [0.5, 0.6) is 0 Å². The minimum absolute atomic E-state index is 0.148. The number of rotatable bonds is 11. The number of likely N-dealkylation sites (tertiary alicyclic amines) is 1. The van der Waals surface area contributed by atoms with Crippen LogP contribution in [-0.2, 0) is 20.9 Å². The summed E-state index contributed by atoms with van der Waals surface area (Å²) in [6, 6.07) is 6.20. The summed E-state index contributed by atoms with van der Waals surface area (Å²) in [7, 11) is 0. The van der Waals surface area contributed by atoms with E-state index < -0.39 is 0 Å². The summed E-state index contributed by atoms with van der Waals surface area (Å²) in [4.78, 5) is 25.9. The van der Waals surface area contributed by atoms with E-state index >= 15 is 0 Å². The first-order valence-electron chi connectivity index (χ1n) is 11.0. The Morgan fingerprint density at radius 1 is 1.16 bits per heavy atom. The molecule has 2 heterocycles. The number of thioether (sulfide) groups is 1. The van der Waals surface area contributed by atoms with E-state index in [1.807, 2.05) is 4.57 Å². The standard InChI is InChI=1S/C22H30FN5O3S/c1-2-31-21(30)7-6-12-24-20(29)16-32-22-26-25-19(15-27-13-4-3-5-14-27)28(22)18-10-8-17(23)9-11-18/h8-11H,2-7,12-16H2,1H3,(H,24,29). The molecule has 0 atom stereocenters. The Balaban J connectivity index is 1.60. The van der Waals surface area contributed by atoms with Crippen LogP contribution in [0.2, 0.25) is 0 Å². The van der Waals surface area contributed by atoms with Gasteiger partial charge in [0, 0.05) is 18.7 Å². The van der Waals surface area contributed by atoms with E-state index in [9.17, 15) is 14.0 Å². The maximum atomic E-state index is 13.5. The zero-order chi connectivity index (χ0) is 22.8. The predicted molar refractivity (Wildman–Crippen MR) is 120 cm³/mol. The summed E-state index contributed by atoms with van der Waals surface area (Å²) < 4.78 is 20.2. The highest BCUT2D eigenvalue weighted by atomic mass is 32.2. The van der Waals surface area contributed by atoms with Crippen molar-refractivity contribution in [2.24, 2.45) is 0 Å². The van der Waals surface area contributed by atoms with Crippen molar-refractivity contribution < 1.29 is 18.7 Å². The Kier molecular flexibility index (Phi) is 9.48. The SMILES string of the molecule is CCOC(=O)CCCNC(=O)CSc1nnc(CN2CCCCC2)n1-c1ccc(F)cc1. The molecule has 0 unspecified atom stereocenters. The lowest BCUT2D eigenvalue weighted by molar-refractivity contribution is -0.143. The average molecular weight is 464 g/mol. The maximum Gasteiger partial charge on any atom is 0.305 e. The molecule has 8 nitrogen and oxygen atoms in total. The largest absolute Gasteiger partial charge is 0.466 e. The van der Waals surface area contributed by atoms with Crippen molar-refractivity contribution in [3.05, 3.63) is 35.9 Å². The Hall–Kier alpha value is -2.46. The van der Waals surface area contributed by atoms with Gasteiger partial charge < -0.3 is 10.1 Å². The molecule has 2 aromatic rings. The van der Waals surface area contributed by atoms with Gasteiger partial charge in [-0.3, -0.25) is 19.1 Å². The van der Waals surface area contributed by atoms with Gasteiger partial charge in [-0.05, 0) is 63.5 Å². The quantitative estimate of drug-likeness (QED) is 0.311. The number of piperidine rings is 1. The molecular formula is C22H30FN5O3S. The van der Waals surface area contributed by atoms with Gasteiger partial charge in [0.2, 0.25) is 5.91 Å². The highest BCUT2D eigenvalue weighted by Crippen LogP contribution is 2.24. The van der Waals surface area contributed by atoms with Crippen LogP contribution in [0, 0.1) is 5.82 Å². The maximum absolute atomic E-state index is 13.5. The van der Waals surface area contributed by atoms with E-state index in [1.165, 1.54) is 43.2 Å². The van der Waals surface area contributed by atoms with E-state index in [4.69, 9.17) is 4.74 Å². The number of hydrogen-bond acceptors (Lipinski definition) is 7. The van der Waals surface area contributed by atoms with Crippen LogP contribution in [0.25, 0.3) is 5.69 Å². The first kappa shape index (κ1) is 24.2. The highest BCUT2D eigenvalue weighted by Gasteiger charge is 2.19. The molecule has 0 aliphatic carbocycles. The normalized spacial score (nSPS) is 14.3. The summed E-state index contributed by atoms with van der Waals surface area (Å²) >= 11 is 1.28. The zero-order valence-electron chi connectivity index (χ0n) is 18.4. The molecule has 174 valence electrons. The van der Waals surface area contributed by atoms with Crippen LogP contribution in [0.15, 0.2) is 29.4 Å². The fourth-order valence-electron chi connectivity index (χ4n) is 3.54. The first-order chi connectivity index (χ1) is 15.6. The second-order valence-corrected chi connectivity index (χ2v) is 8.54. The molecule has 0 spiro atoms. The Morgan fingerprint density at radius 2 is 1.91 bits per heavy atom. The van der Waals surface area contributed by atoms with E-state index in [2.05, 4.69) is 20.4 Å². The van der Waals surface area contributed by atoms with Crippen LogP contribution < -0.4 is 5.32 Å². The predicted octanol–water partition coefficient (Wildman–Crippen LogP) is 2.94. The zero-order valence-corrected chi connectivity index (χ0v) is 19.2. The van der Waals surface area contributed by atoms with Gasteiger partial charge in [-0.1, -0.05) is 18.2 Å². The number of amides is 1. The van der Waals surface area contributed by atoms with Gasteiger partial charge in [0.15, 0.2) is 11.0 Å². The molecule has 1 aromatic heterocycles. The van der Waals surface area contributed by atoms with Crippen molar-refractivity contribution in [3.8, 4) is 5.69 Å². The summed E-state index contributed by atoms with van der Waals surface area (Å²) in [6.07, 6.45) is 4.39. The molecule has 32 heavy (non-hydrogen) atoms. The molecule has 0 saturated carbocycles. The summed E-state index contributed by atoms with van der Waals surface area (Å²) in [5.74, 6) is 0.226. The first-order valence-corrected chi connectivity index (χ1v) is 12.0. The minimum atomic E-state index is -0.309. The van der Waals surface area contributed by atoms with Crippen LogP contribution in [0.1, 0.15) is 44.9 Å². The van der Waals surface area contributed by atoms with Crippen molar-refractivity contribution in [3.63, 3.8) is 0 Å². The topological polar surface area (TPSA) is 89.3 Å². The van der Waals surface area contributed by atoms with Gasteiger partial charge >= 0.3 is 5.97 Å². The van der Waals surface area contributed by atoms with Gasteiger partial charge in [0.1, 0.15) is 5.82 Å². The lowest BCUT2D eigenvalue weighted by Gasteiger charge is -2.26. The second kappa shape index (κ2) is 12.5. The van der Waals surface area contributed by atoms with Crippen molar-refractivity contribution in [1.82, 2.24) is 25.0 Å². The Labute approximate surface area is 191 Å². The Bertz CT molecular complexity index is 884. The van der Waals surface area contributed by atoms with E-state index in [-0.39, 0.29) is 29.9 Å². The fraction of sp³-hybridized carbons (Fsp3) is 0.545. The van der Waals surface area contributed by atoms with Gasteiger partial charge in [-0.2, -0.15) is 0 Å². The number of nitrogens with zero attached hydrogens (tertiary/aromatic N) is 4. The molecule has 1 fully saturated rings. The van der Waals surface area contributed by atoms with Crippen molar-refractivity contribution >= 4 is 23.6 Å². The number of aromatic nitrogens is 3. The van der Waals surface area contributed by atoms with Crippen LogP contribution in [0.3, 0.4) is 0 Å². The van der Waals surface area contributed by atoms with Gasteiger partial charge in [0.25, 0.3) is 0 Å². The molecule has 3 rings (SSSR count). The minimum Gasteiger partial charge on any atom is -0.466 e. The molecule has 1 saturated heterocycles. The number of halogens is 1. The molecule has 0 radical (unpaired) electrons. The molecule has 1 amide bonds. The number of carbonyl (C=O) groups is 2. The monoisotopic (exact) mass is 463 g/mol. The van der Waals surface area contributed by atoms with E-state index in [0.717, 1.165) is 24.6 Å². The third-order valence-corrected chi connectivity index (χ3v) is 6.05. The lowest BCUT2D eigenvalue weighted by Crippen LogP contribution is -2.30. The molecule has 10 heteroatoms. The fourth-order valence-corrected chi connectivity index (χ4v) is 4.34. The van der Waals surface area contributed by atoms with Gasteiger partial charge in [0.05, 0.1) is 18.9 Å². The number of hydrogen-bond donors (Lipinski definition) is 1. The number of esters is 1. The average Bonchev–Trinajstić information content (AvgIpc) is 3.19. The molecule has 1 aliphatic rings. The molecule has 1 aromatic carbocycles. The second-order valence-electron chi connectivity index (χ2n) is 7.59. The molecule has 1 aliphatic heterocycles. The molecule has 1 N–H and O–H groups in total. The lowest BCUT2D eigenvalue weighted by atomic mass is 10.1. The smallest absolute Gasteiger partial charge is 0.305 e. The number of nitrogens with one attached hydrogen (secondary N) is 1. The highest BCUT2D eigenvalue weighted by molar-refractivity contribution is 7.99. The van der Waals surface area contributed by atoms with Crippen LogP contribution in [0.4, 0.5) is 4.39 Å². The summed E-state index contributed by atoms with van der Waals surface area (Å²) in [5, 5.41) is 12.1. The number of ether oxygens (including phenoxy) is 1. The molecule has 0 bridgehead atoms. The summed E-state index contributed by atoms with van der Waals surface area (Å²) in [5.41, 5.74) is 0.765. The van der Waals surface area contributed by atoms with E-state index in [0.29, 0.717) is 31.3 Å². The summed E-state index contributed by atoms with van der Waals surface area (Å²) in [6.45, 7) is 5.23.